The van der Waals surface area contributed by atoms with Crippen LogP contribution in [0.25, 0.3) is 0 Å². The summed E-state index contributed by atoms with van der Waals surface area (Å²) in [7, 11) is 1.70. The van der Waals surface area contributed by atoms with Crippen molar-refractivity contribution in [2.45, 2.75) is 20.4 Å². The molecule has 0 radical (unpaired) electrons. The molecule has 96 valence electrons. The molecular weight excluding hydrogens is 310 g/mol. The van der Waals surface area contributed by atoms with Crippen LogP contribution >= 0.6 is 27.3 Å². The van der Waals surface area contributed by atoms with Crippen molar-refractivity contribution in [1.82, 2.24) is 0 Å². The SMILES string of the molecule is COc1cc(C)ccc1NCc1cc(Br)c(C)s1. The van der Waals surface area contributed by atoms with Crippen molar-refractivity contribution in [1.29, 1.82) is 0 Å². The third-order valence-electron chi connectivity index (χ3n) is 2.72. The van der Waals surface area contributed by atoms with E-state index in [1.807, 2.05) is 6.07 Å². The van der Waals surface area contributed by atoms with Crippen LogP contribution in [-0.2, 0) is 6.54 Å². The Hall–Kier alpha value is -1.000. The Kier molecular flexibility index (Phi) is 4.30. The summed E-state index contributed by atoms with van der Waals surface area (Å²) in [5, 5.41) is 3.41. The first-order valence-corrected chi connectivity index (χ1v) is 7.34. The summed E-state index contributed by atoms with van der Waals surface area (Å²) < 4.78 is 6.56. The van der Waals surface area contributed by atoms with Crippen LogP contribution in [0.1, 0.15) is 15.3 Å². The summed E-state index contributed by atoms with van der Waals surface area (Å²) in [5.74, 6) is 0.891. The highest BCUT2D eigenvalue weighted by molar-refractivity contribution is 9.10. The van der Waals surface area contributed by atoms with Gasteiger partial charge in [-0.25, -0.2) is 0 Å². The Morgan fingerprint density at radius 1 is 1.28 bits per heavy atom. The molecule has 2 aromatic rings. The van der Waals surface area contributed by atoms with Crippen LogP contribution in [0.5, 0.6) is 5.75 Å². The standard InChI is InChI=1S/C14H16BrNOS/c1-9-4-5-13(14(6-9)17-3)16-8-11-7-12(15)10(2)18-11/h4-7,16H,8H2,1-3H3. The first kappa shape index (κ1) is 13.4. The molecule has 1 aromatic heterocycles. The maximum Gasteiger partial charge on any atom is 0.142 e. The second-order valence-electron chi connectivity index (χ2n) is 4.17. The van der Waals surface area contributed by atoms with Crippen molar-refractivity contribution >= 4 is 33.0 Å². The van der Waals surface area contributed by atoms with Crippen LogP contribution in [0.3, 0.4) is 0 Å². The molecule has 2 rings (SSSR count). The lowest BCUT2D eigenvalue weighted by molar-refractivity contribution is 0.416. The Morgan fingerprint density at radius 3 is 2.67 bits per heavy atom. The number of hydrogen-bond acceptors (Lipinski definition) is 3. The van der Waals surface area contributed by atoms with E-state index in [1.54, 1.807) is 18.4 Å². The van der Waals surface area contributed by atoms with E-state index in [1.165, 1.54) is 19.8 Å². The first-order chi connectivity index (χ1) is 8.60. The molecule has 1 aromatic carbocycles. The monoisotopic (exact) mass is 325 g/mol. The third-order valence-corrected chi connectivity index (χ3v) is 4.85. The molecule has 2 nitrogen and oxygen atoms in total. The van der Waals surface area contributed by atoms with Crippen LogP contribution in [-0.4, -0.2) is 7.11 Å². The summed E-state index contributed by atoms with van der Waals surface area (Å²) in [6, 6.07) is 8.34. The number of nitrogens with one attached hydrogen (secondary N) is 1. The van der Waals surface area contributed by atoms with E-state index in [0.29, 0.717) is 0 Å². The van der Waals surface area contributed by atoms with Crippen LogP contribution in [0, 0.1) is 13.8 Å². The zero-order chi connectivity index (χ0) is 13.1. The molecule has 0 unspecified atom stereocenters. The Bertz CT molecular complexity index is 531. The molecule has 0 aliphatic rings. The van der Waals surface area contributed by atoms with Gasteiger partial charge in [-0.1, -0.05) is 6.07 Å². The highest BCUT2D eigenvalue weighted by atomic mass is 79.9. The van der Waals surface area contributed by atoms with Gasteiger partial charge in [0.1, 0.15) is 5.75 Å². The van der Waals surface area contributed by atoms with Gasteiger partial charge in [0.25, 0.3) is 0 Å². The first-order valence-electron chi connectivity index (χ1n) is 5.73. The van der Waals surface area contributed by atoms with Gasteiger partial charge in [0.2, 0.25) is 0 Å². The molecule has 0 amide bonds. The highest BCUT2D eigenvalue weighted by Crippen LogP contribution is 2.29. The lowest BCUT2D eigenvalue weighted by Crippen LogP contribution is -2.00. The highest BCUT2D eigenvalue weighted by Gasteiger charge is 2.05. The number of rotatable bonds is 4. The van der Waals surface area contributed by atoms with Crippen LogP contribution in [0.4, 0.5) is 5.69 Å². The molecule has 0 bridgehead atoms. The average molecular weight is 326 g/mol. The Morgan fingerprint density at radius 2 is 2.06 bits per heavy atom. The van der Waals surface area contributed by atoms with Crippen molar-refractivity contribution in [3.63, 3.8) is 0 Å². The molecule has 18 heavy (non-hydrogen) atoms. The van der Waals surface area contributed by atoms with Crippen LogP contribution in [0.15, 0.2) is 28.7 Å². The van der Waals surface area contributed by atoms with Gasteiger partial charge in [0.05, 0.1) is 12.8 Å². The van der Waals surface area contributed by atoms with E-state index in [-0.39, 0.29) is 0 Å². The van der Waals surface area contributed by atoms with E-state index in [0.717, 1.165) is 18.0 Å². The van der Waals surface area contributed by atoms with Crippen LogP contribution in [0.2, 0.25) is 0 Å². The van der Waals surface area contributed by atoms with Crippen molar-refractivity contribution in [3.8, 4) is 5.75 Å². The molecule has 0 spiro atoms. The minimum atomic E-state index is 0.816. The Labute approximate surface area is 120 Å². The molecular formula is C14H16BrNOS. The summed E-state index contributed by atoms with van der Waals surface area (Å²) >= 11 is 5.34. The zero-order valence-corrected chi connectivity index (χ0v) is 13.1. The van der Waals surface area contributed by atoms with Crippen molar-refractivity contribution < 1.29 is 4.74 Å². The largest absolute Gasteiger partial charge is 0.495 e. The van der Waals surface area contributed by atoms with Crippen LogP contribution < -0.4 is 10.1 Å². The molecule has 0 saturated carbocycles. The summed E-state index contributed by atoms with van der Waals surface area (Å²) in [6.45, 7) is 4.99. The predicted molar refractivity (Wildman–Crippen MR) is 81.8 cm³/mol. The quantitative estimate of drug-likeness (QED) is 0.875. The maximum absolute atomic E-state index is 5.38. The molecule has 0 aliphatic heterocycles. The number of anilines is 1. The van der Waals surface area contributed by atoms with E-state index >= 15 is 0 Å². The van der Waals surface area contributed by atoms with Gasteiger partial charge in [-0.15, -0.1) is 11.3 Å². The smallest absolute Gasteiger partial charge is 0.142 e. The number of halogens is 1. The van der Waals surface area contributed by atoms with Crippen molar-refractivity contribution in [2.75, 3.05) is 12.4 Å². The number of ether oxygens (including phenoxy) is 1. The van der Waals surface area contributed by atoms with Gasteiger partial charge >= 0.3 is 0 Å². The fraction of sp³-hybridized carbons (Fsp3) is 0.286. The van der Waals surface area contributed by atoms with Crippen molar-refractivity contribution in [3.05, 3.63) is 44.1 Å². The molecule has 0 fully saturated rings. The van der Waals surface area contributed by atoms with E-state index < -0.39 is 0 Å². The van der Waals surface area contributed by atoms with Gasteiger partial charge in [-0.05, 0) is 53.5 Å². The molecule has 0 saturated heterocycles. The van der Waals surface area contributed by atoms with Gasteiger partial charge in [0, 0.05) is 20.8 Å². The third kappa shape index (κ3) is 3.06. The number of aryl methyl sites for hydroxylation is 2. The topological polar surface area (TPSA) is 21.3 Å². The maximum atomic E-state index is 5.38. The predicted octanol–water partition coefficient (Wildman–Crippen LogP) is 4.75. The van der Waals surface area contributed by atoms with Crippen molar-refractivity contribution in [2.24, 2.45) is 0 Å². The van der Waals surface area contributed by atoms with E-state index in [2.05, 4.69) is 53.3 Å². The second-order valence-corrected chi connectivity index (χ2v) is 6.37. The number of methoxy groups -OCH3 is 1. The summed E-state index contributed by atoms with van der Waals surface area (Å²) in [4.78, 5) is 2.62. The lowest BCUT2D eigenvalue weighted by Gasteiger charge is -2.11. The zero-order valence-electron chi connectivity index (χ0n) is 10.7. The normalized spacial score (nSPS) is 10.4. The molecule has 1 N–H and O–H groups in total. The second kappa shape index (κ2) is 5.76. The fourth-order valence-corrected chi connectivity index (χ4v) is 3.27. The minimum absolute atomic E-state index is 0.816. The van der Waals surface area contributed by atoms with Gasteiger partial charge < -0.3 is 10.1 Å². The van der Waals surface area contributed by atoms with E-state index in [4.69, 9.17) is 4.74 Å². The molecule has 0 atom stereocenters. The Balaban J connectivity index is 2.10. The summed E-state index contributed by atoms with van der Waals surface area (Å²) in [5.41, 5.74) is 2.23. The van der Waals surface area contributed by atoms with Gasteiger partial charge in [-0.3, -0.25) is 0 Å². The number of benzene rings is 1. The molecule has 0 aliphatic carbocycles. The fourth-order valence-electron chi connectivity index (χ4n) is 1.73. The minimum Gasteiger partial charge on any atom is -0.495 e. The van der Waals surface area contributed by atoms with Gasteiger partial charge in [0.15, 0.2) is 0 Å². The summed E-state index contributed by atoms with van der Waals surface area (Å²) in [6.07, 6.45) is 0. The van der Waals surface area contributed by atoms with E-state index in [9.17, 15) is 0 Å². The number of thiophene rings is 1. The lowest BCUT2D eigenvalue weighted by atomic mass is 10.2. The molecule has 4 heteroatoms. The number of hydrogen-bond donors (Lipinski definition) is 1. The average Bonchev–Trinajstić information content (AvgIpc) is 2.67. The molecule has 1 heterocycles. The van der Waals surface area contributed by atoms with Gasteiger partial charge in [-0.2, -0.15) is 0 Å².